The number of hydrogen-bond acceptors (Lipinski definition) is 5. The molecule has 0 aliphatic carbocycles. The summed E-state index contributed by atoms with van der Waals surface area (Å²) in [5, 5.41) is 13.8. The third-order valence-electron chi connectivity index (χ3n) is 2.20. The third kappa shape index (κ3) is 2.94. The van der Waals surface area contributed by atoms with E-state index in [1.54, 1.807) is 18.2 Å². The summed E-state index contributed by atoms with van der Waals surface area (Å²) in [4.78, 5) is 11.1. The summed E-state index contributed by atoms with van der Waals surface area (Å²) in [5.41, 5.74) is 7.22. The molecule has 2 aromatic rings. The van der Waals surface area contributed by atoms with E-state index in [0.717, 1.165) is 10.6 Å². The lowest BCUT2D eigenvalue weighted by Crippen LogP contribution is -1.97. The first-order chi connectivity index (χ1) is 8.15. The average Bonchev–Trinajstić information content (AvgIpc) is 2.77. The molecule has 1 heterocycles. The molecule has 0 saturated carbocycles. The molecule has 6 heteroatoms. The summed E-state index contributed by atoms with van der Waals surface area (Å²) >= 11 is 1.18. The maximum atomic E-state index is 10.5. The van der Waals surface area contributed by atoms with Crippen molar-refractivity contribution in [1.82, 2.24) is 0 Å². The van der Waals surface area contributed by atoms with Gasteiger partial charge in [0, 0.05) is 28.9 Å². The molecule has 88 valence electrons. The minimum absolute atomic E-state index is 0.166. The van der Waals surface area contributed by atoms with Crippen molar-refractivity contribution in [3.8, 4) is 0 Å². The fourth-order valence-electron chi connectivity index (χ4n) is 1.35. The lowest BCUT2D eigenvalue weighted by molar-refractivity contribution is -0.380. The number of thiophene rings is 1. The maximum Gasteiger partial charge on any atom is 0.324 e. The van der Waals surface area contributed by atoms with Crippen molar-refractivity contribution in [3.05, 3.63) is 51.4 Å². The minimum Gasteiger partial charge on any atom is -0.399 e. The van der Waals surface area contributed by atoms with Gasteiger partial charge in [-0.25, -0.2) is 0 Å². The smallest absolute Gasteiger partial charge is 0.324 e. The molecule has 0 unspecified atom stereocenters. The quantitative estimate of drug-likeness (QED) is 0.496. The summed E-state index contributed by atoms with van der Waals surface area (Å²) < 4.78 is 0. The summed E-state index contributed by atoms with van der Waals surface area (Å²) in [6.45, 7) is 0.572. The van der Waals surface area contributed by atoms with Crippen LogP contribution in [-0.2, 0) is 6.54 Å². The van der Waals surface area contributed by atoms with Crippen LogP contribution in [0.25, 0.3) is 0 Å². The van der Waals surface area contributed by atoms with Crippen molar-refractivity contribution < 1.29 is 4.92 Å². The Kier molecular flexibility index (Phi) is 3.24. The van der Waals surface area contributed by atoms with E-state index in [2.05, 4.69) is 5.32 Å². The normalized spacial score (nSPS) is 10.1. The highest BCUT2D eigenvalue weighted by molar-refractivity contribution is 7.15. The predicted octanol–water partition coefficient (Wildman–Crippen LogP) is 2.85. The number of rotatable bonds is 4. The number of nitro groups is 1. The second kappa shape index (κ2) is 4.84. The molecule has 0 aliphatic heterocycles. The number of nitrogens with zero attached hydrogens (tertiary/aromatic N) is 1. The van der Waals surface area contributed by atoms with Gasteiger partial charge in [0.15, 0.2) is 0 Å². The van der Waals surface area contributed by atoms with Gasteiger partial charge in [-0.15, -0.1) is 0 Å². The van der Waals surface area contributed by atoms with E-state index < -0.39 is 0 Å². The van der Waals surface area contributed by atoms with Gasteiger partial charge in [0.1, 0.15) is 0 Å². The van der Waals surface area contributed by atoms with Crippen LogP contribution in [0.4, 0.5) is 16.4 Å². The molecular weight excluding hydrogens is 238 g/mol. The first-order valence-corrected chi connectivity index (χ1v) is 5.79. The molecule has 0 bridgehead atoms. The Bertz CT molecular complexity index is 522. The van der Waals surface area contributed by atoms with Crippen LogP contribution < -0.4 is 11.1 Å². The zero-order valence-corrected chi connectivity index (χ0v) is 9.74. The van der Waals surface area contributed by atoms with Crippen molar-refractivity contribution in [3.63, 3.8) is 0 Å². The molecule has 17 heavy (non-hydrogen) atoms. The van der Waals surface area contributed by atoms with Crippen LogP contribution in [0.1, 0.15) is 4.88 Å². The van der Waals surface area contributed by atoms with Gasteiger partial charge >= 0.3 is 5.00 Å². The van der Waals surface area contributed by atoms with Crippen LogP contribution in [0.15, 0.2) is 36.4 Å². The van der Waals surface area contributed by atoms with E-state index in [0.29, 0.717) is 12.2 Å². The molecule has 0 amide bonds. The number of nitrogens with two attached hydrogens (primary N) is 1. The molecule has 0 spiro atoms. The molecule has 0 saturated heterocycles. The number of nitrogen functional groups attached to an aromatic ring is 1. The Balaban J connectivity index is 1.97. The van der Waals surface area contributed by atoms with E-state index in [9.17, 15) is 10.1 Å². The fraction of sp³-hybridized carbons (Fsp3) is 0.0909. The topological polar surface area (TPSA) is 81.2 Å². The average molecular weight is 249 g/mol. The number of benzene rings is 1. The zero-order valence-electron chi connectivity index (χ0n) is 8.92. The zero-order chi connectivity index (χ0) is 12.3. The number of hydrogen-bond donors (Lipinski definition) is 2. The predicted molar refractivity (Wildman–Crippen MR) is 69.2 cm³/mol. The van der Waals surface area contributed by atoms with Crippen molar-refractivity contribution in [2.45, 2.75) is 6.54 Å². The van der Waals surface area contributed by atoms with Crippen LogP contribution >= 0.6 is 11.3 Å². The van der Waals surface area contributed by atoms with Crippen LogP contribution in [0.5, 0.6) is 0 Å². The molecule has 5 nitrogen and oxygen atoms in total. The van der Waals surface area contributed by atoms with Crippen LogP contribution in [0.2, 0.25) is 0 Å². The van der Waals surface area contributed by atoms with Gasteiger partial charge in [-0.2, -0.15) is 0 Å². The SMILES string of the molecule is Nc1ccc(NCc2ccc([N+](=O)[O-])s2)cc1. The second-order valence-electron chi connectivity index (χ2n) is 3.47. The van der Waals surface area contributed by atoms with E-state index in [-0.39, 0.29) is 9.92 Å². The van der Waals surface area contributed by atoms with Gasteiger partial charge in [-0.05, 0) is 30.3 Å². The Morgan fingerprint density at radius 3 is 2.53 bits per heavy atom. The van der Waals surface area contributed by atoms with Gasteiger partial charge in [0.2, 0.25) is 0 Å². The maximum absolute atomic E-state index is 10.5. The van der Waals surface area contributed by atoms with E-state index in [1.165, 1.54) is 17.4 Å². The summed E-state index contributed by atoms with van der Waals surface area (Å²) in [6.07, 6.45) is 0. The summed E-state index contributed by atoms with van der Waals surface area (Å²) in [5.74, 6) is 0. The molecule has 0 fully saturated rings. The van der Waals surface area contributed by atoms with E-state index in [4.69, 9.17) is 5.73 Å². The second-order valence-corrected chi connectivity index (χ2v) is 4.62. The highest BCUT2D eigenvalue weighted by Gasteiger charge is 2.08. The molecule has 0 aliphatic rings. The lowest BCUT2D eigenvalue weighted by atomic mass is 10.3. The Labute approximate surface area is 102 Å². The van der Waals surface area contributed by atoms with Crippen molar-refractivity contribution in [1.29, 1.82) is 0 Å². The van der Waals surface area contributed by atoms with Gasteiger partial charge < -0.3 is 11.1 Å². The fourth-order valence-corrected chi connectivity index (χ4v) is 2.11. The van der Waals surface area contributed by atoms with Gasteiger partial charge in [-0.3, -0.25) is 10.1 Å². The Hall–Kier alpha value is -2.08. The first kappa shape index (κ1) is 11.4. The molecule has 1 aromatic carbocycles. The molecule has 1 aromatic heterocycles. The molecule has 0 radical (unpaired) electrons. The highest BCUT2D eigenvalue weighted by Crippen LogP contribution is 2.24. The van der Waals surface area contributed by atoms with Crippen LogP contribution in [0, 0.1) is 10.1 Å². The molecule has 3 N–H and O–H groups in total. The molecule has 2 rings (SSSR count). The minimum atomic E-state index is -0.378. The number of nitrogens with one attached hydrogen (secondary N) is 1. The lowest BCUT2D eigenvalue weighted by Gasteiger charge is -2.04. The molecule has 0 atom stereocenters. The monoisotopic (exact) mass is 249 g/mol. The van der Waals surface area contributed by atoms with E-state index in [1.807, 2.05) is 12.1 Å². The highest BCUT2D eigenvalue weighted by atomic mass is 32.1. The van der Waals surface area contributed by atoms with Crippen molar-refractivity contribution in [2.75, 3.05) is 11.1 Å². The van der Waals surface area contributed by atoms with Gasteiger partial charge in [-0.1, -0.05) is 11.3 Å². The first-order valence-electron chi connectivity index (χ1n) is 4.97. The van der Waals surface area contributed by atoms with Gasteiger partial charge in [0.05, 0.1) is 4.92 Å². The van der Waals surface area contributed by atoms with Crippen LogP contribution in [-0.4, -0.2) is 4.92 Å². The Morgan fingerprint density at radius 1 is 1.24 bits per heavy atom. The number of anilines is 2. The Morgan fingerprint density at radius 2 is 1.94 bits per heavy atom. The van der Waals surface area contributed by atoms with Gasteiger partial charge in [0.25, 0.3) is 0 Å². The van der Waals surface area contributed by atoms with Crippen molar-refractivity contribution >= 4 is 27.7 Å². The standard InChI is InChI=1S/C11H11N3O2S/c12-8-1-3-9(4-2-8)13-7-10-5-6-11(17-10)14(15)16/h1-6,13H,7,12H2. The third-order valence-corrected chi connectivity index (χ3v) is 3.24. The summed E-state index contributed by atoms with van der Waals surface area (Å²) in [6, 6.07) is 10.6. The van der Waals surface area contributed by atoms with Crippen LogP contribution in [0.3, 0.4) is 0 Å². The largest absolute Gasteiger partial charge is 0.399 e. The summed E-state index contributed by atoms with van der Waals surface area (Å²) in [7, 11) is 0. The van der Waals surface area contributed by atoms with Crippen molar-refractivity contribution in [2.24, 2.45) is 0 Å². The molecular formula is C11H11N3O2S. The van der Waals surface area contributed by atoms with E-state index >= 15 is 0 Å².